The third-order valence-electron chi connectivity index (χ3n) is 2.23. The summed E-state index contributed by atoms with van der Waals surface area (Å²) in [7, 11) is 0. The van der Waals surface area contributed by atoms with Crippen LogP contribution in [0.5, 0.6) is 0 Å². The molecule has 1 aliphatic rings. The first-order valence-electron chi connectivity index (χ1n) is 4.12. The maximum atomic E-state index is 12.1. The molecule has 0 spiro atoms. The maximum absolute atomic E-state index is 12.1. The lowest BCUT2D eigenvalue weighted by atomic mass is 9.84. The van der Waals surface area contributed by atoms with E-state index < -0.39 is 22.1 Å². The average molecular weight is 273 g/mol. The van der Waals surface area contributed by atoms with Crippen molar-refractivity contribution in [2.45, 2.75) is 36.2 Å². The van der Waals surface area contributed by atoms with Gasteiger partial charge in [-0.15, -0.1) is 0 Å². The molecule has 0 N–H and O–H groups in total. The number of halogens is 4. The molecular weight excluding hydrogens is 265 g/mol. The molecule has 0 aromatic rings. The molecule has 1 fully saturated rings. The SMILES string of the molecule is O=C1CCCC[C@@]1(Br)C(=O)C(F)(F)F. The van der Waals surface area contributed by atoms with Gasteiger partial charge < -0.3 is 0 Å². The van der Waals surface area contributed by atoms with Gasteiger partial charge in [-0.05, 0) is 12.8 Å². The first-order valence-corrected chi connectivity index (χ1v) is 4.91. The predicted octanol–water partition coefficient (Wildman–Crippen LogP) is 2.39. The van der Waals surface area contributed by atoms with Gasteiger partial charge in [-0.2, -0.15) is 13.2 Å². The van der Waals surface area contributed by atoms with Crippen LogP contribution < -0.4 is 0 Å². The third-order valence-corrected chi connectivity index (χ3v) is 3.43. The van der Waals surface area contributed by atoms with E-state index in [9.17, 15) is 22.8 Å². The summed E-state index contributed by atoms with van der Waals surface area (Å²) in [5.41, 5.74) is 0. The number of Topliss-reactive ketones (excluding diaryl/α,β-unsaturated/α-hetero) is 2. The van der Waals surface area contributed by atoms with E-state index in [-0.39, 0.29) is 12.8 Å². The van der Waals surface area contributed by atoms with Gasteiger partial charge >= 0.3 is 6.18 Å². The fourth-order valence-electron chi connectivity index (χ4n) is 1.46. The maximum Gasteiger partial charge on any atom is 0.451 e. The Hall–Kier alpha value is -0.390. The molecule has 0 amide bonds. The second-order valence-electron chi connectivity index (χ2n) is 3.26. The number of hydrogen-bond donors (Lipinski definition) is 0. The third kappa shape index (κ3) is 1.99. The lowest BCUT2D eigenvalue weighted by Crippen LogP contribution is -2.49. The summed E-state index contributed by atoms with van der Waals surface area (Å²) in [5, 5.41) is 0. The highest BCUT2D eigenvalue weighted by molar-refractivity contribution is 9.10. The number of carbonyl (C=O) groups is 2. The van der Waals surface area contributed by atoms with Crippen LogP contribution in [-0.2, 0) is 9.59 Å². The van der Waals surface area contributed by atoms with Crippen molar-refractivity contribution in [1.82, 2.24) is 0 Å². The van der Waals surface area contributed by atoms with Crippen LogP contribution in [0.1, 0.15) is 25.7 Å². The molecule has 6 heteroatoms. The predicted molar refractivity (Wildman–Crippen MR) is 46.2 cm³/mol. The summed E-state index contributed by atoms with van der Waals surface area (Å²) in [5.74, 6) is -2.64. The van der Waals surface area contributed by atoms with Crippen LogP contribution in [0.15, 0.2) is 0 Å². The van der Waals surface area contributed by atoms with Crippen LogP contribution in [0.4, 0.5) is 13.2 Å². The molecule has 2 nitrogen and oxygen atoms in total. The summed E-state index contributed by atoms with van der Waals surface area (Å²) in [6, 6.07) is 0. The van der Waals surface area contributed by atoms with Gasteiger partial charge in [0.1, 0.15) is 0 Å². The van der Waals surface area contributed by atoms with Gasteiger partial charge in [-0.25, -0.2) is 0 Å². The Kier molecular flexibility index (Phi) is 3.04. The molecule has 1 saturated carbocycles. The molecule has 0 radical (unpaired) electrons. The average Bonchev–Trinajstić information content (AvgIpc) is 2.07. The van der Waals surface area contributed by atoms with E-state index >= 15 is 0 Å². The first kappa shape index (κ1) is 11.7. The number of carbonyl (C=O) groups excluding carboxylic acids is 2. The molecule has 1 rings (SSSR count). The van der Waals surface area contributed by atoms with E-state index in [0.29, 0.717) is 12.8 Å². The molecule has 14 heavy (non-hydrogen) atoms. The molecule has 0 aromatic carbocycles. The van der Waals surface area contributed by atoms with E-state index in [0.717, 1.165) is 0 Å². The minimum Gasteiger partial charge on any atom is -0.298 e. The summed E-state index contributed by atoms with van der Waals surface area (Å²) in [6.07, 6.45) is -3.97. The largest absolute Gasteiger partial charge is 0.451 e. The van der Waals surface area contributed by atoms with Gasteiger partial charge in [0.05, 0.1) is 0 Å². The number of ketones is 2. The lowest BCUT2D eigenvalue weighted by molar-refractivity contribution is -0.175. The smallest absolute Gasteiger partial charge is 0.298 e. The topological polar surface area (TPSA) is 34.1 Å². The van der Waals surface area contributed by atoms with E-state index in [1.807, 2.05) is 0 Å². The van der Waals surface area contributed by atoms with E-state index in [1.54, 1.807) is 0 Å². The standard InChI is InChI=1S/C8H8BrF3O2/c9-7(6(14)8(10,11)12)4-2-1-3-5(7)13/h1-4H2/t7-/m0/s1. The van der Waals surface area contributed by atoms with Crippen LogP contribution in [-0.4, -0.2) is 22.1 Å². The molecular formula is C8H8BrF3O2. The summed E-state index contributed by atoms with van der Waals surface area (Å²) in [4.78, 5) is 22.2. The van der Waals surface area contributed by atoms with Gasteiger partial charge in [0.2, 0.25) is 0 Å². The second-order valence-corrected chi connectivity index (χ2v) is 4.61. The fraction of sp³-hybridized carbons (Fsp3) is 0.750. The summed E-state index contributed by atoms with van der Waals surface area (Å²) >= 11 is 2.64. The van der Waals surface area contributed by atoms with Crippen molar-refractivity contribution in [2.24, 2.45) is 0 Å². The molecule has 80 valence electrons. The van der Waals surface area contributed by atoms with E-state index in [4.69, 9.17) is 0 Å². The normalized spacial score (nSPS) is 29.0. The highest BCUT2D eigenvalue weighted by atomic mass is 79.9. The molecule has 0 saturated heterocycles. The Balaban J connectivity index is 2.93. The lowest BCUT2D eigenvalue weighted by Gasteiger charge is -2.28. The molecule has 0 heterocycles. The molecule has 0 bridgehead atoms. The van der Waals surface area contributed by atoms with Crippen LogP contribution >= 0.6 is 15.9 Å². The minimum atomic E-state index is -4.95. The Labute approximate surface area is 87.0 Å². The Morgan fingerprint density at radius 2 is 1.93 bits per heavy atom. The number of hydrogen-bond acceptors (Lipinski definition) is 2. The van der Waals surface area contributed by atoms with Gasteiger partial charge in [-0.1, -0.05) is 22.4 Å². The molecule has 1 aliphatic carbocycles. The van der Waals surface area contributed by atoms with Gasteiger partial charge in [0.25, 0.3) is 5.78 Å². The van der Waals surface area contributed by atoms with Crippen molar-refractivity contribution in [1.29, 1.82) is 0 Å². The highest BCUT2D eigenvalue weighted by Crippen LogP contribution is 2.38. The Morgan fingerprint density at radius 3 is 2.36 bits per heavy atom. The van der Waals surface area contributed by atoms with Crippen LogP contribution in [0, 0.1) is 0 Å². The van der Waals surface area contributed by atoms with Gasteiger partial charge in [0, 0.05) is 6.42 Å². The van der Waals surface area contributed by atoms with E-state index in [2.05, 4.69) is 15.9 Å². The van der Waals surface area contributed by atoms with Crippen molar-refractivity contribution in [3.8, 4) is 0 Å². The van der Waals surface area contributed by atoms with E-state index in [1.165, 1.54) is 0 Å². The zero-order valence-corrected chi connectivity index (χ0v) is 8.74. The molecule has 0 aliphatic heterocycles. The van der Waals surface area contributed by atoms with Crippen molar-refractivity contribution >= 4 is 27.5 Å². The zero-order chi connectivity index (χ0) is 11.0. The fourth-order valence-corrected chi connectivity index (χ4v) is 2.16. The quantitative estimate of drug-likeness (QED) is 0.543. The molecule has 0 unspecified atom stereocenters. The van der Waals surface area contributed by atoms with Crippen molar-refractivity contribution in [3.63, 3.8) is 0 Å². The van der Waals surface area contributed by atoms with Crippen LogP contribution in [0.3, 0.4) is 0 Å². The highest BCUT2D eigenvalue weighted by Gasteiger charge is 2.55. The summed E-state index contributed by atoms with van der Waals surface area (Å²) in [6.45, 7) is 0. The van der Waals surface area contributed by atoms with Crippen molar-refractivity contribution in [3.05, 3.63) is 0 Å². The molecule has 0 aromatic heterocycles. The zero-order valence-electron chi connectivity index (χ0n) is 7.16. The van der Waals surface area contributed by atoms with Crippen LogP contribution in [0.25, 0.3) is 0 Å². The number of rotatable bonds is 1. The first-order chi connectivity index (χ1) is 6.28. The Bertz CT molecular complexity index is 274. The van der Waals surface area contributed by atoms with Crippen molar-refractivity contribution < 1.29 is 22.8 Å². The number of alkyl halides is 4. The minimum absolute atomic E-state index is 0.0348. The van der Waals surface area contributed by atoms with Crippen LogP contribution in [0.2, 0.25) is 0 Å². The Morgan fingerprint density at radius 1 is 1.36 bits per heavy atom. The van der Waals surface area contributed by atoms with Gasteiger partial charge in [0.15, 0.2) is 10.1 Å². The monoisotopic (exact) mass is 272 g/mol. The summed E-state index contributed by atoms with van der Waals surface area (Å²) < 4.78 is 34.4. The van der Waals surface area contributed by atoms with Gasteiger partial charge in [-0.3, -0.25) is 9.59 Å². The second kappa shape index (κ2) is 3.64. The van der Waals surface area contributed by atoms with Crippen molar-refractivity contribution in [2.75, 3.05) is 0 Å². The molecule has 1 atom stereocenters.